The smallest absolute Gasteiger partial charge is 0.298 e. The molecule has 0 spiro atoms. The molecule has 0 bridgehead atoms. The lowest BCUT2D eigenvalue weighted by Gasteiger charge is -2.11. The lowest BCUT2D eigenvalue weighted by atomic mass is 10.2. The first kappa shape index (κ1) is 20.0. The Balaban J connectivity index is 1.90. The highest BCUT2D eigenvalue weighted by Crippen LogP contribution is 2.24. The summed E-state index contributed by atoms with van der Waals surface area (Å²) < 4.78 is 18.1. The summed E-state index contributed by atoms with van der Waals surface area (Å²) in [5.74, 6) is -0.338. The molecule has 8 nitrogen and oxygen atoms in total. The van der Waals surface area contributed by atoms with Gasteiger partial charge < -0.3 is 0 Å². The van der Waals surface area contributed by atoms with E-state index in [0.29, 0.717) is 0 Å². The number of halogens is 2. The second kappa shape index (κ2) is 7.88. The van der Waals surface area contributed by atoms with E-state index in [1.165, 1.54) is 46.7 Å². The molecule has 0 aliphatic heterocycles. The monoisotopic (exact) mass is 446 g/mol. The van der Waals surface area contributed by atoms with Crippen molar-refractivity contribution in [3.05, 3.63) is 77.8 Å². The minimum Gasteiger partial charge on any atom is -0.298 e. The number of imidazole rings is 1. The zero-order valence-electron chi connectivity index (χ0n) is 16.0. The average Bonchev–Trinajstić information content (AvgIpc) is 3.36. The summed E-state index contributed by atoms with van der Waals surface area (Å²) in [6, 6.07) is 8.13. The Bertz CT molecular complexity index is 1370. The molecule has 0 fully saturated rings. The number of hydrogen-bond donors (Lipinski definition) is 1. The molecule has 0 amide bonds. The van der Waals surface area contributed by atoms with Gasteiger partial charge in [0, 0.05) is 29.6 Å². The van der Waals surface area contributed by atoms with Gasteiger partial charge in [-0.2, -0.15) is 10.1 Å². The molecule has 1 aromatic carbocycles. The fraction of sp³-hybridized carbons (Fsp3) is 0.158. The Morgan fingerprint density at radius 2 is 2.03 bits per heavy atom. The van der Waals surface area contributed by atoms with E-state index in [1.807, 2.05) is 17.5 Å². The molecule has 0 atom stereocenters. The van der Waals surface area contributed by atoms with E-state index < -0.39 is 17.1 Å². The van der Waals surface area contributed by atoms with E-state index in [0.717, 1.165) is 9.44 Å². The molecular formula is C19H16ClFN6O2S. The van der Waals surface area contributed by atoms with Gasteiger partial charge in [0.25, 0.3) is 5.56 Å². The largest absolute Gasteiger partial charge is 0.332 e. The molecule has 154 valence electrons. The van der Waals surface area contributed by atoms with Gasteiger partial charge in [-0.05, 0) is 23.6 Å². The van der Waals surface area contributed by atoms with Gasteiger partial charge in [0.05, 0.1) is 12.8 Å². The predicted octanol–water partition coefficient (Wildman–Crippen LogP) is 2.78. The van der Waals surface area contributed by atoms with Crippen LogP contribution in [0, 0.1) is 5.82 Å². The third kappa shape index (κ3) is 3.44. The summed E-state index contributed by atoms with van der Waals surface area (Å²) in [6.45, 7) is -0.0771. The van der Waals surface area contributed by atoms with E-state index in [4.69, 9.17) is 11.6 Å². The van der Waals surface area contributed by atoms with Gasteiger partial charge in [-0.3, -0.25) is 18.5 Å². The fourth-order valence-corrected chi connectivity index (χ4v) is 3.85. The van der Waals surface area contributed by atoms with Gasteiger partial charge in [0.2, 0.25) is 5.95 Å². The Kier molecular flexibility index (Phi) is 5.27. The molecule has 1 N–H and O–H groups in total. The third-order valence-electron chi connectivity index (χ3n) is 4.63. The predicted molar refractivity (Wildman–Crippen MR) is 116 cm³/mol. The maximum atomic E-state index is 14.4. The van der Waals surface area contributed by atoms with Gasteiger partial charge in [-0.1, -0.05) is 23.7 Å². The number of nitrogens with zero attached hydrogens (tertiary/aromatic N) is 5. The first-order valence-corrected chi connectivity index (χ1v) is 10.1. The number of aryl methyl sites for hydroxylation is 1. The molecule has 3 aromatic heterocycles. The van der Waals surface area contributed by atoms with Gasteiger partial charge in [-0.15, -0.1) is 11.3 Å². The van der Waals surface area contributed by atoms with Crippen LogP contribution < -0.4 is 16.7 Å². The molecule has 0 saturated carbocycles. The van der Waals surface area contributed by atoms with Crippen LogP contribution in [-0.4, -0.2) is 24.9 Å². The molecule has 4 aromatic rings. The zero-order valence-corrected chi connectivity index (χ0v) is 17.5. The molecule has 0 radical (unpaired) electrons. The Labute approximate surface area is 178 Å². The van der Waals surface area contributed by atoms with Crippen LogP contribution in [0.2, 0.25) is 5.02 Å². The number of hydrazone groups is 1. The number of benzene rings is 1. The highest BCUT2D eigenvalue weighted by molar-refractivity contribution is 7.11. The maximum Gasteiger partial charge on any atom is 0.332 e. The number of thiophene rings is 1. The minimum absolute atomic E-state index is 0.0771. The van der Waals surface area contributed by atoms with Gasteiger partial charge in [0.15, 0.2) is 11.2 Å². The van der Waals surface area contributed by atoms with Crippen LogP contribution >= 0.6 is 22.9 Å². The third-order valence-corrected chi connectivity index (χ3v) is 5.79. The van der Waals surface area contributed by atoms with Crippen LogP contribution in [-0.2, 0) is 20.6 Å². The van der Waals surface area contributed by atoms with E-state index in [1.54, 1.807) is 12.3 Å². The number of nitrogens with one attached hydrogen (secondary N) is 1. The van der Waals surface area contributed by atoms with Crippen LogP contribution in [0.25, 0.3) is 11.2 Å². The highest BCUT2D eigenvalue weighted by atomic mass is 35.5. The average molecular weight is 447 g/mol. The lowest BCUT2D eigenvalue weighted by Crippen LogP contribution is -2.37. The fourth-order valence-electron chi connectivity index (χ4n) is 3.05. The van der Waals surface area contributed by atoms with Crippen molar-refractivity contribution in [3.8, 4) is 0 Å². The van der Waals surface area contributed by atoms with Crippen molar-refractivity contribution in [1.29, 1.82) is 0 Å². The summed E-state index contributed by atoms with van der Waals surface area (Å²) in [4.78, 5) is 30.4. The molecule has 0 unspecified atom stereocenters. The molecule has 3 heterocycles. The van der Waals surface area contributed by atoms with Crippen molar-refractivity contribution >= 4 is 46.3 Å². The highest BCUT2D eigenvalue weighted by Gasteiger charge is 2.21. The first-order chi connectivity index (χ1) is 14.4. The Morgan fingerprint density at radius 3 is 2.73 bits per heavy atom. The first-order valence-electron chi connectivity index (χ1n) is 8.80. The summed E-state index contributed by atoms with van der Waals surface area (Å²) >= 11 is 7.69. The molecule has 4 rings (SSSR count). The Hall–Kier alpha value is -3.24. The maximum absolute atomic E-state index is 14.4. The summed E-state index contributed by atoms with van der Waals surface area (Å²) in [7, 11) is 2.88. The summed E-state index contributed by atoms with van der Waals surface area (Å²) in [6.07, 6.45) is 1.60. The van der Waals surface area contributed by atoms with E-state index in [2.05, 4.69) is 15.5 Å². The van der Waals surface area contributed by atoms with Crippen LogP contribution in [0.4, 0.5) is 10.3 Å². The summed E-state index contributed by atoms with van der Waals surface area (Å²) in [5.41, 5.74) is 2.20. The van der Waals surface area contributed by atoms with E-state index in [9.17, 15) is 14.0 Å². The minimum atomic E-state index is -0.552. The van der Waals surface area contributed by atoms with Crippen molar-refractivity contribution in [2.45, 2.75) is 6.54 Å². The topological polar surface area (TPSA) is 86.2 Å². The standard InChI is InChI=1S/C19H16ClFN6O2S/c1-25-16-15(17(28)26(2)19(25)29)27(10-12-13(20)6-3-7-14(12)21)18(23-16)24-22-9-11-5-4-8-30-11/h3-9H,10H2,1-2H3,(H,23,24)/b22-9+. The van der Waals surface area contributed by atoms with Crippen LogP contribution in [0.15, 0.2) is 50.4 Å². The van der Waals surface area contributed by atoms with E-state index >= 15 is 0 Å². The second-order valence-corrected chi connectivity index (χ2v) is 7.87. The molecule has 0 aliphatic rings. The normalized spacial score (nSPS) is 11.6. The van der Waals surface area contributed by atoms with Crippen molar-refractivity contribution in [2.24, 2.45) is 19.2 Å². The number of rotatable bonds is 5. The lowest BCUT2D eigenvalue weighted by molar-refractivity contribution is 0.601. The molecule has 0 aliphatic carbocycles. The molecular weight excluding hydrogens is 431 g/mol. The van der Waals surface area contributed by atoms with Crippen molar-refractivity contribution < 1.29 is 4.39 Å². The van der Waals surface area contributed by atoms with Crippen LogP contribution in [0.3, 0.4) is 0 Å². The molecule has 30 heavy (non-hydrogen) atoms. The molecule has 11 heteroatoms. The van der Waals surface area contributed by atoms with Gasteiger partial charge in [-0.25, -0.2) is 14.6 Å². The van der Waals surface area contributed by atoms with Gasteiger partial charge >= 0.3 is 5.69 Å². The number of fused-ring (bicyclic) bond motifs is 1. The van der Waals surface area contributed by atoms with Crippen molar-refractivity contribution in [3.63, 3.8) is 0 Å². The van der Waals surface area contributed by atoms with E-state index in [-0.39, 0.29) is 34.2 Å². The molecule has 0 saturated heterocycles. The Morgan fingerprint density at radius 1 is 1.23 bits per heavy atom. The zero-order chi connectivity index (χ0) is 21.4. The summed E-state index contributed by atoms with van der Waals surface area (Å²) in [5, 5.41) is 6.29. The number of anilines is 1. The van der Waals surface area contributed by atoms with Crippen molar-refractivity contribution in [2.75, 3.05) is 5.43 Å². The van der Waals surface area contributed by atoms with Crippen LogP contribution in [0.5, 0.6) is 0 Å². The number of hydrogen-bond acceptors (Lipinski definition) is 6. The van der Waals surface area contributed by atoms with Crippen LogP contribution in [0.1, 0.15) is 10.4 Å². The SMILES string of the molecule is Cn1c(=O)c2c(nc(N/N=C/c3cccs3)n2Cc2c(F)cccc2Cl)n(C)c1=O. The van der Waals surface area contributed by atoms with Crippen molar-refractivity contribution in [1.82, 2.24) is 18.7 Å². The second-order valence-electron chi connectivity index (χ2n) is 6.49. The number of aromatic nitrogens is 4. The van der Waals surface area contributed by atoms with Gasteiger partial charge in [0.1, 0.15) is 5.82 Å². The quantitative estimate of drug-likeness (QED) is 0.377.